The van der Waals surface area contributed by atoms with Crippen LogP contribution < -0.4 is 9.62 Å². The van der Waals surface area contributed by atoms with Crippen LogP contribution in [-0.4, -0.2) is 43.8 Å². The second kappa shape index (κ2) is 12.3. The first-order valence-electron chi connectivity index (χ1n) is 12.7. The molecule has 0 aliphatic carbocycles. The van der Waals surface area contributed by atoms with Crippen molar-refractivity contribution in [2.45, 2.75) is 65.1 Å². The third kappa shape index (κ3) is 6.81. The van der Waals surface area contributed by atoms with Crippen LogP contribution in [0, 0.1) is 20.8 Å². The summed E-state index contributed by atoms with van der Waals surface area (Å²) in [6.45, 7) is 10.8. The number of nitrogens with one attached hydrogen (secondary N) is 1. The molecule has 0 fully saturated rings. The Hall–Kier alpha value is -3.65. The number of carbonyl (C=O) groups excluding carboxylic acids is 2. The largest absolute Gasteiger partial charge is 0.352 e. The van der Waals surface area contributed by atoms with Gasteiger partial charge in [-0.15, -0.1) is 0 Å². The fraction of sp³-hybridized carbons (Fsp3) is 0.333. The van der Waals surface area contributed by atoms with Crippen molar-refractivity contribution in [3.8, 4) is 0 Å². The second-order valence-electron chi connectivity index (χ2n) is 9.90. The third-order valence-corrected chi connectivity index (χ3v) is 8.21. The average molecular weight is 536 g/mol. The summed E-state index contributed by atoms with van der Waals surface area (Å²) in [4.78, 5) is 28.5. The maximum absolute atomic E-state index is 14.0. The smallest absolute Gasteiger partial charge is 0.264 e. The Kier molecular flexibility index (Phi) is 9.33. The van der Waals surface area contributed by atoms with Crippen molar-refractivity contribution in [2.75, 3.05) is 10.8 Å². The lowest BCUT2D eigenvalue weighted by Crippen LogP contribution is -2.52. The van der Waals surface area contributed by atoms with Crippen LogP contribution in [0.1, 0.15) is 43.0 Å². The van der Waals surface area contributed by atoms with E-state index in [1.807, 2.05) is 71.0 Å². The minimum atomic E-state index is -4.08. The topological polar surface area (TPSA) is 86.8 Å². The minimum Gasteiger partial charge on any atom is -0.352 e. The number of amides is 2. The van der Waals surface area contributed by atoms with Crippen LogP contribution in [0.5, 0.6) is 0 Å². The number of hydrogen-bond acceptors (Lipinski definition) is 4. The fourth-order valence-corrected chi connectivity index (χ4v) is 5.78. The lowest BCUT2D eigenvalue weighted by atomic mass is 10.1. The molecule has 0 unspecified atom stereocenters. The first-order chi connectivity index (χ1) is 17.9. The van der Waals surface area contributed by atoms with Crippen LogP contribution in [0.3, 0.4) is 0 Å². The number of benzene rings is 3. The molecular formula is C30H37N3O4S. The zero-order valence-corrected chi connectivity index (χ0v) is 23.7. The summed E-state index contributed by atoms with van der Waals surface area (Å²) in [7, 11) is -4.08. The number of carbonyl (C=O) groups is 2. The van der Waals surface area contributed by atoms with Gasteiger partial charge in [0.05, 0.1) is 10.6 Å². The van der Waals surface area contributed by atoms with Crippen molar-refractivity contribution in [1.29, 1.82) is 0 Å². The number of rotatable bonds is 10. The molecule has 0 radical (unpaired) electrons. The molecule has 3 rings (SSSR count). The molecule has 0 saturated carbocycles. The molecule has 0 spiro atoms. The fourth-order valence-electron chi connectivity index (χ4n) is 4.28. The van der Waals surface area contributed by atoms with Crippen molar-refractivity contribution >= 4 is 27.5 Å². The van der Waals surface area contributed by atoms with E-state index in [-0.39, 0.29) is 23.4 Å². The summed E-state index contributed by atoms with van der Waals surface area (Å²) in [5, 5.41) is 2.87. The van der Waals surface area contributed by atoms with Gasteiger partial charge in [0.1, 0.15) is 12.6 Å². The monoisotopic (exact) mass is 535 g/mol. The van der Waals surface area contributed by atoms with E-state index in [1.165, 1.54) is 17.0 Å². The molecule has 0 bridgehead atoms. The van der Waals surface area contributed by atoms with Crippen LogP contribution in [0.2, 0.25) is 0 Å². The van der Waals surface area contributed by atoms with Crippen LogP contribution >= 0.6 is 0 Å². The van der Waals surface area contributed by atoms with Crippen LogP contribution in [0.4, 0.5) is 5.69 Å². The summed E-state index contributed by atoms with van der Waals surface area (Å²) >= 11 is 0. The van der Waals surface area contributed by atoms with Crippen molar-refractivity contribution in [2.24, 2.45) is 0 Å². The van der Waals surface area contributed by atoms with Gasteiger partial charge in [-0.25, -0.2) is 8.42 Å². The Morgan fingerprint density at radius 1 is 0.842 bits per heavy atom. The Morgan fingerprint density at radius 3 is 2.08 bits per heavy atom. The maximum Gasteiger partial charge on any atom is 0.264 e. The van der Waals surface area contributed by atoms with E-state index in [4.69, 9.17) is 0 Å². The molecule has 7 nitrogen and oxygen atoms in total. The van der Waals surface area contributed by atoms with E-state index < -0.39 is 28.5 Å². The molecule has 1 atom stereocenters. The van der Waals surface area contributed by atoms with Gasteiger partial charge in [-0.1, -0.05) is 60.2 Å². The number of aryl methyl sites for hydroxylation is 3. The zero-order chi connectivity index (χ0) is 28.0. The standard InChI is InChI=1S/C30H37N3O4S/c1-21(2)31-30(35)25(6)32(19-26-13-11-10-12-23(26)4)29(34)20-33(28-17-16-22(3)18-24(28)5)38(36,37)27-14-8-7-9-15-27/h7-18,21,25H,19-20H2,1-6H3,(H,31,35)/t25-/m1/s1. The van der Waals surface area contributed by atoms with Gasteiger partial charge in [0.2, 0.25) is 11.8 Å². The minimum absolute atomic E-state index is 0.0869. The molecule has 0 aromatic heterocycles. The van der Waals surface area contributed by atoms with Gasteiger partial charge in [-0.05, 0) is 76.4 Å². The highest BCUT2D eigenvalue weighted by Crippen LogP contribution is 2.28. The molecular weight excluding hydrogens is 498 g/mol. The Labute approximate surface area is 226 Å². The van der Waals surface area contributed by atoms with E-state index in [9.17, 15) is 18.0 Å². The summed E-state index contributed by atoms with van der Waals surface area (Å²) in [6.07, 6.45) is 0. The van der Waals surface area contributed by atoms with Gasteiger partial charge in [-0.2, -0.15) is 0 Å². The molecule has 8 heteroatoms. The van der Waals surface area contributed by atoms with Crippen LogP contribution in [-0.2, 0) is 26.2 Å². The summed E-state index contributed by atoms with van der Waals surface area (Å²) in [6, 6.07) is 20.2. The Balaban J connectivity index is 2.07. The van der Waals surface area contributed by atoms with Gasteiger partial charge < -0.3 is 10.2 Å². The highest BCUT2D eigenvalue weighted by atomic mass is 32.2. The molecule has 0 aliphatic rings. The van der Waals surface area contributed by atoms with Crippen molar-refractivity contribution in [3.63, 3.8) is 0 Å². The second-order valence-corrected chi connectivity index (χ2v) is 11.8. The molecule has 1 N–H and O–H groups in total. The van der Waals surface area contributed by atoms with Gasteiger partial charge in [0.15, 0.2) is 0 Å². The molecule has 202 valence electrons. The van der Waals surface area contributed by atoms with E-state index in [0.29, 0.717) is 5.69 Å². The number of sulfonamides is 1. The van der Waals surface area contributed by atoms with E-state index >= 15 is 0 Å². The third-order valence-electron chi connectivity index (χ3n) is 6.43. The van der Waals surface area contributed by atoms with Gasteiger partial charge in [0.25, 0.3) is 10.0 Å². The van der Waals surface area contributed by atoms with Crippen molar-refractivity contribution in [3.05, 3.63) is 95.1 Å². The molecule has 0 heterocycles. The van der Waals surface area contributed by atoms with Crippen molar-refractivity contribution < 1.29 is 18.0 Å². The number of anilines is 1. The first-order valence-corrected chi connectivity index (χ1v) is 14.1. The Bertz CT molecular complexity index is 1390. The lowest BCUT2D eigenvalue weighted by Gasteiger charge is -2.33. The number of hydrogen-bond donors (Lipinski definition) is 1. The quantitative estimate of drug-likeness (QED) is 0.406. The highest BCUT2D eigenvalue weighted by molar-refractivity contribution is 7.92. The van der Waals surface area contributed by atoms with Crippen LogP contribution in [0.15, 0.2) is 77.7 Å². The van der Waals surface area contributed by atoms with E-state index in [2.05, 4.69) is 5.32 Å². The van der Waals surface area contributed by atoms with E-state index in [0.717, 1.165) is 26.6 Å². The van der Waals surface area contributed by atoms with Gasteiger partial charge in [-0.3, -0.25) is 13.9 Å². The summed E-state index contributed by atoms with van der Waals surface area (Å²) < 4.78 is 28.9. The summed E-state index contributed by atoms with van der Waals surface area (Å²) in [5.41, 5.74) is 3.99. The lowest BCUT2D eigenvalue weighted by molar-refractivity contribution is -0.139. The average Bonchev–Trinajstić information content (AvgIpc) is 2.86. The van der Waals surface area contributed by atoms with E-state index in [1.54, 1.807) is 31.2 Å². The first kappa shape index (κ1) is 28.9. The maximum atomic E-state index is 14.0. The zero-order valence-electron chi connectivity index (χ0n) is 22.9. The van der Waals surface area contributed by atoms with Gasteiger partial charge >= 0.3 is 0 Å². The molecule has 3 aromatic rings. The normalized spacial score (nSPS) is 12.2. The predicted molar refractivity (Wildman–Crippen MR) is 151 cm³/mol. The summed E-state index contributed by atoms with van der Waals surface area (Å²) in [5.74, 6) is -0.773. The predicted octanol–water partition coefficient (Wildman–Crippen LogP) is 4.75. The number of nitrogens with zero attached hydrogens (tertiary/aromatic N) is 2. The molecule has 0 saturated heterocycles. The van der Waals surface area contributed by atoms with Crippen LogP contribution in [0.25, 0.3) is 0 Å². The Morgan fingerprint density at radius 2 is 1.47 bits per heavy atom. The molecule has 3 aromatic carbocycles. The van der Waals surface area contributed by atoms with Gasteiger partial charge in [0, 0.05) is 12.6 Å². The molecule has 38 heavy (non-hydrogen) atoms. The van der Waals surface area contributed by atoms with Crippen molar-refractivity contribution in [1.82, 2.24) is 10.2 Å². The SMILES string of the molecule is Cc1ccc(N(CC(=O)N(Cc2ccccc2C)[C@H](C)C(=O)NC(C)C)S(=O)(=O)c2ccccc2)c(C)c1. The highest BCUT2D eigenvalue weighted by Gasteiger charge is 2.33. The molecule has 2 amide bonds. The molecule has 0 aliphatic heterocycles.